The lowest BCUT2D eigenvalue weighted by molar-refractivity contribution is 0.0951. The summed E-state index contributed by atoms with van der Waals surface area (Å²) in [6.07, 6.45) is 4.13. The zero-order chi connectivity index (χ0) is 18.2. The Labute approximate surface area is 160 Å². The number of hydrogen-bond donors (Lipinski definition) is 2. The molecule has 0 bridgehead atoms. The number of pyridine rings is 1. The van der Waals surface area contributed by atoms with Crippen LogP contribution in [0.3, 0.4) is 0 Å². The van der Waals surface area contributed by atoms with Crippen LogP contribution in [0, 0.1) is 0 Å². The van der Waals surface area contributed by atoms with Crippen molar-refractivity contribution in [2.24, 2.45) is 0 Å². The fourth-order valence-electron chi connectivity index (χ4n) is 3.50. The van der Waals surface area contributed by atoms with Crippen LogP contribution >= 0.6 is 11.3 Å². The molecule has 0 atom stereocenters. The van der Waals surface area contributed by atoms with E-state index >= 15 is 0 Å². The Kier molecular flexibility index (Phi) is 3.83. The number of carbonyl (C=O) groups excluding carboxylic acids is 1. The molecule has 1 amide bonds. The highest BCUT2D eigenvalue weighted by molar-refractivity contribution is 7.08. The topological polar surface area (TPSA) is 70.7 Å². The number of aromatic nitrogens is 3. The first-order valence-electron chi connectivity index (χ1n) is 8.70. The quantitative estimate of drug-likeness (QED) is 0.500. The zero-order valence-electron chi connectivity index (χ0n) is 14.4. The lowest BCUT2D eigenvalue weighted by atomic mass is 10.1. The molecule has 5 rings (SSSR count). The summed E-state index contributed by atoms with van der Waals surface area (Å²) in [5, 5.41) is 14.9. The van der Waals surface area contributed by atoms with Crippen molar-refractivity contribution in [3.63, 3.8) is 0 Å². The third-order valence-electron chi connectivity index (χ3n) is 4.87. The summed E-state index contributed by atoms with van der Waals surface area (Å²) in [6.45, 7) is 0.481. The first-order valence-corrected chi connectivity index (χ1v) is 9.64. The third-order valence-corrected chi connectivity index (χ3v) is 5.55. The number of thiophene rings is 1. The van der Waals surface area contributed by atoms with E-state index in [9.17, 15) is 4.79 Å². The Morgan fingerprint density at radius 2 is 2.07 bits per heavy atom. The number of carbonyl (C=O) groups is 1. The molecule has 0 unspecified atom stereocenters. The van der Waals surface area contributed by atoms with E-state index in [0.29, 0.717) is 12.1 Å². The molecule has 1 aliphatic carbocycles. The maximum absolute atomic E-state index is 12.2. The van der Waals surface area contributed by atoms with Crippen molar-refractivity contribution in [3.05, 3.63) is 81.8 Å². The minimum absolute atomic E-state index is 0.0973. The van der Waals surface area contributed by atoms with Gasteiger partial charge in [-0.3, -0.25) is 14.9 Å². The summed E-state index contributed by atoms with van der Waals surface area (Å²) < 4.78 is 0. The van der Waals surface area contributed by atoms with Gasteiger partial charge in [-0.25, -0.2) is 0 Å². The average molecular weight is 372 g/mol. The summed E-state index contributed by atoms with van der Waals surface area (Å²) in [4.78, 5) is 16.2. The highest BCUT2D eigenvalue weighted by atomic mass is 32.1. The van der Waals surface area contributed by atoms with Gasteiger partial charge in [0.25, 0.3) is 5.91 Å². The SMILES string of the molecule is O=C(NCc1ccc2c(c1)-c1[nH]nc(-c3ccsc3)c1C2)c1ccncc1. The molecule has 0 aliphatic heterocycles. The Morgan fingerprint density at radius 3 is 2.89 bits per heavy atom. The van der Waals surface area contributed by atoms with Gasteiger partial charge in [-0.2, -0.15) is 16.4 Å². The molecule has 0 saturated heterocycles. The molecule has 132 valence electrons. The second-order valence-corrected chi connectivity index (χ2v) is 7.30. The number of nitrogens with one attached hydrogen (secondary N) is 2. The van der Waals surface area contributed by atoms with Crippen LogP contribution in [-0.4, -0.2) is 21.1 Å². The molecule has 0 saturated carbocycles. The first kappa shape index (κ1) is 16.0. The lowest BCUT2D eigenvalue weighted by Gasteiger charge is -2.07. The van der Waals surface area contributed by atoms with Crippen molar-refractivity contribution < 1.29 is 4.79 Å². The summed E-state index contributed by atoms with van der Waals surface area (Å²) >= 11 is 1.68. The van der Waals surface area contributed by atoms with Gasteiger partial charge in [-0.05, 0) is 40.8 Å². The fourth-order valence-corrected chi connectivity index (χ4v) is 4.14. The Morgan fingerprint density at radius 1 is 1.19 bits per heavy atom. The van der Waals surface area contributed by atoms with Gasteiger partial charge in [0.2, 0.25) is 0 Å². The molecular formula is C21H16N4OS. The summed E-state index contributed by atoms with van der Waals surface area (Å²) in [7, 11) is 0. The number of nitrogens with zero attached hydrogens (tertiary/aromatic N) is 2. The van der Waals surface area contributed by atoms with E-state index in [1.54, 1.807) is 35.9 Å². The number of benzene rings is 1. The zero-order valence-corrected chi connectivity index (χ0v) is 15.2. The van der Waals surface area contributed by atoms with Crippen LogP contribution in [0.5, 0.6) is 0 Å². The van der Waals surface area contributed by atoms with Crippen LogP contribution in [0.25, 0.3) is 22.5 Å². The van der Waals surface area contributed by atoms with Gasteiger partial charge in [0, 0.05) is 53.0 Å². The van der Waals surface area contributed by atoms with Crippen LogP contribution in [-0.2, 0) is 13.0 Å². The molecular weight excluding hydrogens is 356 g/mol. The van der Waals surface area contributed by atoms with E-state index in [0.717, 1.165) is 28.9 Å². The molecule has 2 N–H and O–H groups in total. The Bertz CT molecular complexity index is 1120. The van der Waals surface area contributed by atoms with Gasteiger partial charge in [0.1, 0.15) is 0 Å². The van der Waals surface area contributed by atoms with E-state index in [1.165, 1.54) is 16.7 Å². The van der Waals surface area contributed by atoms with Crippen LogP contribution < -0.4 is 5.32 Å². The van der Waals surface area contributed by atoms with Gasteiger partial charge in [-0.15, -0.1) is 0 Å². The molecule has 1 aliphatic rings. The van der Waals surface area contributed by atoms with E-state index in [4.69, 9.17) is 0 Å². The fraction of sp³-hybridized carbons (Fsp3) is 0.0952. The molecule has 3 heterocycles. The van der Waals surface area contributed by atoms with Crippen molar-refractivity contribution >= 4 is 17.2 Å². The lowest BCUT2D eigenvalue weighted by Crippen LogP contribution is -2.22. The number of amides is 1. The molecule has 4 aromatic rings. The second kappa shape index (κ2) is 6.48. The molecule has 5 nitrogen and oxygen atoms in total. The number of fused-ring (bicyclic) bond motifs is 3. The van der Waals surface area contributed by atoms with E-state index in [2.05, 4.69) is 55.5 Å². The number of aromatic amines is 1. The first-order chi connectivity index (χ1) is 13.3. The van der Waals surface area contributed by atoms with Crippen LogP contribution in [0.2, 0.25) is 0 Å². The normalized spacial score (nSPS) is 11.9. The predicted octanol–water partition coefficient (Wildman–Crippen LogP) is 4.03. The largest absolute Gasteiger partial charge is 0.348 e. The van der Waals surface area contributed by atoms with Crippen molar-refractivity contribution in [1.82, 2.24) is 20.5 Å². The Hall–Kier alpha value is -3.25. The van der Waals surface area contributed by atoms with E-state index in [-0.39, 0.29) is 5.91 Å². The smallest absolute Gasteiger partial charge is 0.251 e. The van der Waals surface area contributed by atoms with Crippen molar-refractivity contribution in [1.29, 1.82) is 0 Å². The number of rotatable bonds is 4. The molecule has 3 aromatic heterocycles. The maximum Gasteiger partial charge on any atom is 0.251 e. The van der Waals surface area contributed by atoms with Crippen molar-refractivity contribution in [2.45, 2.75) is 13.0 Å². The second-order valence-electron chi connectivity index (χ2n) is 6.52. The molecule has 0 radical (unpaired) electrons. The maximum atomic E-state index is 12.2. The minimum Gasteiger partial charge on any atom is -0.348 e. The van der Waals surface area contributed by atoms with Gasteiger partial charge in [0.15, 0.2) is 0 Å². The highest BCUT2D eigenvalue weighted by Gasteiger charge is 2.25. The number of hydrogen-bond acceptors (Lipinski definition) is 4. The van der Waals surface area contributed by atoms with E-state index in [1.807, 2.05) is 0 Å². The highest BCUT2D eigenvalue weighted by Crippen LogP contribution is 2.40. The molecule has 1 aromatic carbocycles. The average Bonchev–Trinajstić information content (AvgIpc) is 3.43. The molecule has 0 fully saturated rings. The summed E-state index contributed by atoms with van der Waals surface area (Å²) in [5.74, 6) is -0.0973. The van der Waals surface area contributed by atoms with Crippen LogP contribution in [0.1, 0.15) is 27.0 Å². The molecule has 27 heavy (non-hydrogen) atoms. The van der Waals surface area contributed by atoms with Crippen molar-refractivity contribution in [2.75, 3.05) is 0 Å². The minimum atomic E-state index is -0.0973. The molecule has 6 heteroatoms. The van der Waals surface area contributed by atoms with Gasteiger partial charge in [0.05, 0.1) is 11.4 Å². The summed E-state index contributed by atoms with van der Waals surface area (Å²) in [5.41, 5.74) is 8.69. The van der Waals surface area contributed by atoms with Gasteiger partial charge in [-0.1, -0.05) is 12.1 Å². The monoisotopic (exact) mass is 372 g/mol. The standard InChI is InChI=1S/C21H16N4OS/c26-21(14-3-6-22-7-4-14)23-11-13-1-2-15-10-18-19(16-5-8-27-12-16)24-25-20(18)17(15)9-13/h1-9,12H,10-11H2,(H,23,26)(H,24,25). The van der Waals surface area contributed by atoms with E-state index < -0.39 is 0 Å². The summed E-state index contributed by atoms with van der Waals surface area (Å²) in [6, 6.07) is 11.9. The van der Waals surface area contributed by atoms with Gasteiger partial charge >= 0.3 is 0 Å². The van der Waals surface area contributed by atoms with Gasteiger partial charge < -0.3 is 5.32 Å². The Balaban J connectivity index is 1.38. The number of H-pyrrole nitrogens is 1. The molecule has 0 spiro atoms. The van der Waals surface area contributed by atoms with Crippen molar-refractivity contribution in [3.8, 4) is 22.5 Å². The predicted molar refractivity (Wildman–Crippen MR) is 106 cm³/mol. The van der Waals surface area contributed by atoms with Crippen LogP contribution in [0.15, 0.2) is 59.6 Å². The third kappa shape index (κ3) is 2.84. The van der Waals surface area contributed by atoms with Crippen LogP contribution in [0.4, 0.5) is 0 Å².